The summed E-state index contributed by atoms with van der Waals surface area (Å²) in [7, 11) is -4.37. The van der Waals surface area contributed by atoms with E-state index in [9.17, 15) is 18.0 Å². The number of rotatable bonds is 5. The first-order chi connectivity index (χ1) is 7.11. The quantitative estimate of drug-likeness (QED) is 0.496. The Kier molecular flexibility index (Phi) is 5.39. The molecule has 0 saturated heterocycles. The van der Waals surface area contributed by atoms with Gasteiger partial charge < -0.3 is 10.1 Å². The lowest BCUT2D eigenvalue weighted by atomic mass is 10.3. The second-order valence-electron chi connectivity index (χ2n) is 3.49. The molecule has 0 unspecified atom stereocenters. The SMILES string of the molecule is CC(=O)N[C@H](CS(=O)(=O)O)C(=O)OC(C)C. The summed E-state index contributed by atoms with van der Waals surface area (Å²) in [5.74, 6) is -2.39. The third-order valence-electron chi connectivity index (χ3n) is 1.39. The molecule has 1 atom stereocenters. The predicted octanol–water partition coefficient (Wildman–Crippen LogP) is -0.669. The Morgan fingerprint density at radius 1 is 1.38 bits per heavy atom. The number of hydrogen-bond acceptors (Lipinski definition) is 5. The molecule has 0 rings (SSSR count). The number of ether oxygens (including phenoxy) is 1. The summed E-state index contributed by atoms with van der Waals surface area (Å²) in [6.45, 7) is 4.28. The largest absolute Gasteiger partial charge is 0.461 e. The standard InChI is InChI=1S/C8H15NO6S/c1-5(2)15-8(11)7(9-6(3)10)4-16(12,13)14/h5,7H,4H2,1-3H3,(H,9,10)(H,12,13,14)/t7-/m1/s1. The third-order valence-corrected chi connectivity index (χ3v) is 2.15. The Morgan fingerprint density at radius 2 is 1.88 bits per heavy atom. The second kappa shape index (κ2) is 5.80. The molecular weight excluding hydrogens is 238 g/mol. The first-order valence-corrected chi connectivity index (χ1v) is 6.15. The third kappa shape index (κ3) is 7.18. The molecule has 0 aliphatic carbocycles. The summed E-state index contributed by atoms with van der Waals surface area (Å²) in [6.07, 6.45) is -0.440. The van der Waals surface area contributed by atoms with Gasteiger partial charge in [0.1, 0.15) is 11.8 Å². The van der Waals surface area contributed by atoms with Crippen LogP contribution in [0.15, 0.2) is 0 Å². The lowest BCUT2D eigenvalue weighted by Gasteiger charge is -2.16. The number of esters is 1. The van der Waals surface area contributed by atoms with E-state index in [0.29, 0.717) is 0 Å². The van der Waals surface area contributed by atoms with Crippen LogP contribution in [0.4, 0.5) is 0 Å². The van der Waals surface area contributed by atoms with Gasteiger partial charge in [0.2, 0.25) is 5.91 Å². The molecule has 0 aromatic heterocycles. The maximum absolute atomic E-state index is 11.4. The zero-order valence-electron chi connectivity index (χ0n) is 9.26. The van der Waals surface area contributed by atoms with Crippen molar-refractivity contribution >= 4 is 22.0 Å². The minimum atomic E-state index is -4.37. The lowest BCUT2D eigenvalue weighted by molar-refractivity contribution is -0.150. The van der Waals surface area contributed by atoms with Crippen LogP contribution in [0.1, 0.15) is 20.8 Å². The van der Waals surface area contributed by atoms with Crippen LogP contribution in [-0.4, -0.2) is 42.7 Å². The van der Waals surface area contributed by atoms with Crippen LogP contribution >= 0.6 is 0 Å². The van der Waals surface area contributed by atoms with Crippen LogP contribution in [0, 0.1) is 0 Å². The highest BCUT2D eigenvalue weighted by Gasteiger charge is 2.27. The molecule has 8 heteroatoms. The summed E-state index contributed by atoms with van der Waals surface area (Å²) in [6, 6.07) is -1.39. The fourth-order valence-electron chi connectivity index (χ4n) is 0.939. The molecular formula is C8H15NO6S. The molecule has 1 amide bonds. The van der Waals surface area contributed by atoms with Crippen molar-refractivity contribution in [2.24, 2.45) is 0 Å². The van der Waals surface area contributed by atoms with Crippen molar-refractivity contribution in [3.63, 3.8) is 0 Å². The highest BCUT2D eigenvalue weighted by molar-refractivity contribution is 7.85. The Hall–Kier alpha value is -1.15. The van der Waals surface area contributed by atoms with Crippen LogP contribution < -0.4 is 5.32 Å². The molecule has 2 N–H and O–H groups in total. The van der Waals surface area contributed by atoms with Crippen LogP contribution in [0.5, 0.6) is 0 Å². The summed E-state index contributed by atoms with van der Waals surface area (Å²) in [4.78, 5) is 22.1. The minimum absolute atomic E-state index is 0.440. The molecule has 0 aromatic carbocycles. The van der Waals surface area contributed by atoms with E-state index in [2.05, 4.69) is 5.32 Å². The monoisotopic (exact) mass is 253 g/mol. The maximum atomic E-state index is 11.4. The van der Waals surface area contributed by atoms with Crippen LogP contribution in [0.3, 0.4) is 0 Å². The van der Waals surface area contributed by atoms with Crippen LogP contribution in [0.25, 0.3) is 0 Å². The molecule has 7 nitrogen and oxygen atoms in total. The van der Waals surface area contributed by atoms with Gasteiger partial charge in [-0.25, -0.2) is 4.79 Å². The van der Waals surface area contributed by atoms with Crippen molar-refractivity contribution in [3.8, 4) is 0 Å². The van der Waals surface area contributed by atoms with Gasteiger partial charge in [0, 0.05) is 6.92 Å². The molecule has 0 aliphatic heterocycles. The Balaban J connectivity index is 4.66. The lowest BCUT2D eigenvalue weighted by Crippen LogP contribution is -2.46. The summed E-state index contributed by atoms with van der Waals surface area (Å²) in [5, 5.41) is 2.09. The van der Waals surface area contributed by atoms with Gasteiger partial charge in [-0.1, -0.05) is 0 Å². The summed E-state index contributed by atoms with van der Waals surface area (Å²) in [5.41, 5.74) is 0. The number of carbonyl (C=O) groups excluding carboxylic acids is 2. The van der Waals surface area contributed by atoms with Gasteiger partial charge in [-0.3, -0.25) is 9.35 Å². The Morgan fingerprint density at radius 3 is 2.19 bits per heavy atom. The van der Waals surface area contributed by atoms with Crippen molar-refractivity contribution in [2.45, 2.75) is 32.9 Å². The second-order valence-corrected chi connectivity index (χ2v) is 4.98. The normalized spacial score (nSPS) is 13.3. The molecule has 16 heavy (non-hydrogen) atoms. The van der Waals surface area contributed by atoms with Gasteiger partial charge in [0.05, 0.1) is 6.10 Å². The molecule has 94 valence electrons. The highest BCUT2D eigenvalue weighted by atomic mass is 32.2. The molecule has 0 fully saturated rings. The van der Waals surface area contributed by atoms with Crippen molar-refractivity contribution in [1.82, 2.24) is 5.32 Å². The van der Waals surface area contributed by atoms with E-state index >= 15 is 0 Å². The fourth-order valence-corrected chi connectivity index (χ4v) is 1.58. The average molecular weight is 253 g/mol. The predicted molar refractivity (Wildman–Crippen MR) is 55.2 cm³/mol. The van der Waals surface area contributed by atoms with Crippen molar-refractivity contribution in [2.75, 3.05) is 5.75 Å². The molecule has 0 aliphatic rings. The Bertz CT molecular complexity index is 361. The number of amides is 1. The van der Waals surface area contributed by atoms with Gasteiger partial charge in [0.25, 0.3) is 10.1 Å². The molecule has 0 radical (unpaired) electrons. The van der Waals surface area contributed by atoms with Gasteiger partial charge in [-0.2, -0.15) is 8.42 Å². The van der Waals surface area contributed by atoms with E-state index in [0.717, 1.165) is 6.92 Å². The molecule has 0 aromatic rings. The zero-order chi connectivity index (χ0) is 12.9. The number of hydrogen-bond donors (Lipinski definition) is 2. The van der Waals surface area contributed by atoms with E-state index in [1.54, 1.807) is 13.8 Å². The summed E-state index contributed by atoms with van der Waals surface area (Å²) < 4.78 is 34.5. The molecule has 0 bridgehead atoms. The molecule has 0 saturated carbocycles. The number of carbonyl (C=O) groups is 2. The summed E-state index contributed by atoms with van der Waals surface area (Å²) >= 11 is 0. The van der Waals surface area contributed by atoms with Crippen molar-refractivity contribution in [1.29, 1.82) is 0 Å². The average Bonchev–Trinajstić information content (AvgIpc) is 1.97. The van der Waals surface area contributed by atoms with Gasteiger partial charge in [-0.15, -0.1) is 0 Å². The zero-order valence-corrected chi connectivity index (χ0v) is 10.1. The fraction of sp³-hybridized carbons (Fsp3) is 0.750. The van der Waals surface area contributed by atoms with Gasteiger partial charge in [0.15, 0.2) is 0 Å². The first kappa shape index (κ1) is 14.8. The Labute approximate surface area is 93.9 Å². The van der Waals surface area contributed by atoms with Gasteiger partial charge >= 0.3 is 5.97 Å². The van der Waals surface area contributed by atoms with E-state index in [4.69, 9.17) is 9.29 Å². The van der Waals surface area contributed by atoms with Gasteiger partial charge in [-0.05, 0) is 13.8 Å². The maximum Gasteiger partial charge on any atom is 0.330 e. The molecule has 0 heterocycles. The van der Waals surface area contributed by atoms with Crippen molar-refractivity contribution < 1.29 is 27.3 Å². The smallest absolute Gasteiger partial charge is 0.330 e. The van der Waals surface area contributed by atoms with Crippen LogP contribution in [-0.2, 0) is 24.4 Å². The topological polar surface area (TPSA) is 110 Å². The highest BCUT2D eigenvalue weighted by Crippen LogP contribution is 1.98. The van der Waals surface area contributed by atoms with E-state index in [1.807, 2.05) is 0 Å². The van der Waals surface area contributed by atoms with Crippen molar-refractivity contribution in [3.05, 3.63) is 0 Å². The van der Waals surface area contributed by atoms with E-state index < -0.39 is 39.9 Å². The first-order valence-electron chi connectivity index (χ1n) is 4.54. The minimum Gasteiger partial charge on any atom is -0.461 e. The number of nitrogens with one attached hydrogen (secondary N) is 1. The van der Waals surface area contributed by atoms with Crippen LogP contribution in [0.2, 0.25) is 0 Å². The molecule has 0 spiro atoms. The van der Waals surface area contributed by atoms with E-state index in [-0.39, 0.29) is 0 Å². The van der Waals surface area contributed by atoms with E-state index in [1.165, 1.54) is 0 Å².